The molecule has 0 amide bonds. The van der Waals surface area contributed by atoms with Crippen LogP contribution < -0.4 is 5.73 Å². The van der Waals surface area contributed by atoms with Crippen LogP contribution in [0.2, 0.25) is 0 Å². The second-order valence-electron chi connectivity index (χ2n) is 7.68. The van der Waals surface area contributed by atoms with E-state index in [0.29, 0.717) is 16.6 Å². The number of hydrogen-bond donors (Lipinski definition) is 1. The normalized spacial score (nSPS) is 11.8. The molecular formula is C27H21F2N3. The average molecular weight is 425 g/mol. The maximum absolute atomic E-state index is 14.1. The van der Waals surface area contributed by atoms with Gasteiger partial charge in [0.2, 0.25) is 0 Å². The summed E-state index contributed by atoms with van der Waals surface area (Å²) in [6.45, 7) is 0. The lowest BCUT2D eigenvalue weighted by molar-refractivity contribution is 0.146. The number of nitrogens with two attached hydrogens (primary N) is 1. The summed E-state index contributed by atoms with van der Waals surface area (Å²) >= 11 is 0. The van der Waals surface area contributed by atoms with Crippen LogP contribution in [0.5, 0.6) is 0 Å². The minimum absolute atomic E-state index is 0.278. The first-order valence-electron chi connectivity index (χ1n) is 10.4. The molecule has 3 nitrogen and oxygen atoms in total. The molecule has 0 bridgehead atoms. The van der Waals surface area contributed by atoms with Crippen molar-refractivity contribution >= 4 is 16.6 Å². The van der Waals surface area contributed by atoms with Gasteiger partial charge in [-0.05, 0) is 34.9 Å². The number of alkyl halides is 2. The van der Waals surface area contributed by atoms with Crippen molar-refractivity contribution in [2.75, 3.05) is 5.73 Å². The van der Waals surface area contributed by atoms with Gasteiger partial charge in [-0.25, -0.2) is 13.5 Å². The van der Waals surface area contributed by atoms with Crippen molar-refractivity contribution in [2.24, 2.45) is 0 Å². The van der Waals surface area contributed by atoms with E-state index in [4.69, 9.17) is 5.73 Å². The van der Waals surface area contributed by atoms with Gasteiger partial charge >= 0.3 is 0 Å². The van der Waals surface area contributed by atoms with Crippen LogP contribution in [0, 0.1) is 0 Å². The smallest absolute Gasteiger partial charge is 0.282 e. The maximum Gasteiger partial charge on any atom is 0.282 e. The first kappa shape index (κ1) is 19.9. The van der Waals surface area contributed by atoms with E-state index in [1.54, 1.807) is 22.9 Å². The lowest BCUT2D eigenvalue weighted by Gasteiger charge is -2.37. The Bertz CT molecular complexity index is 1250. The Morgan fingerprint density at radius 2 is 1.16 bits per heavy atom. The molecule has 0 aliphatic rings. The lowest BCUT2D eigenvalue weighted by atomic mass is 9.77. The highest BCUT2D eigenvalue weighted by Gasteiger charge is 2.41. The molecule has 5 aromatic rings. The van der Waals surface area contributed by atoms with Gasteiger partial charge in [-0.15, -0.1) is 0 Å². The summed E-state index contributed by atoms with van der Waals surface area (Å²) in [6.07, 6.45) is -2.74. The van der Waals surface area contributed by atoms with E-state index in [9.17, 15) is 8.78 Å². The largest absolute Gasteiger partial charge is 0.399 e. The number of nitrogens with zero attached hydrogens (tertiary/aromatic N) is 2. The van der Waals surface area contributed by atoms with E-state index in [1.165, 1.54) is 0 Å². The zero-order valence-corrected chi connectivity index (χ0v) is 17.2. The van der Waals surface area contributed by atoms with E-state index < -0.39 is 12.0 Å². The predicted octanol–water partition coefficient (Wildman–Crippen LogP) is 6.40. The SMILES string of the molecule is Nc1ccc2c(c1)c(C(F)F)nn2C(c1ccccc1)(c1ccccc1)c1ccccc1. The minimum atomic E-state index is -2.74. The second kappa shape index (κ2) is 7.93. The number of aromatic nitrogens is 2. The molecule has 158 valence electrons. The quantitative estimate of drug-likeness (QED) is 0.262. The van der Waals surface area contributed by atoms with Crippen LogP contribution in [0.4, 0.5) is 14.5 Å². The highest BCUT2D eigenvalue weighted by molar-refractivity contribution is 5.86. The number of hydrogen-bond acceptors (Lipinski definition) is 2. The third-order valence-corrected chi connectivity index (χ3v) is 5.83. The number of halogens is 2. The molecule has 0 saturated heterocycles. The Kier molecular flexibility index (Phi) is 4.94. The first-order valence-corrected chi connectivity index (χ1v) is 10.4. The Hall–Kier alpha value is -3.99. The summed E-state index contributed by atoms with van der Waals surface area (Å²) in [4.78, 5) is 0. The molecule has 0 unspecified atom stereocenters. The molecule has 0 fully saturated rings. The zero-order chi connectivity index (χ0) is 22.1. The van der Waals surface area contributed by atoms with Crippen LogP contribution in [0.25, 0.3) is 10.9 Å². The van der Waals surface area contributed by atoms with Gasteiger partial charge in [-0.1, -0.05) is 91.0 Å². The summed E-state index contributed by atoms with van der Waals surface area (Å²) < 4.78 is 30.0. The summed E-state index contributed by atoms with van der Waals surface area (Å²) in [6, 6.07) is 34.6. The van der Waals surface area contributed by atoms with Crippen LogP contribution >= 0.6 is 0 Å². The van der Waals surface area contributed by atoms with E-state index in [1.807, 2.05) is 91.0 Å². The van der Waals surface area contributed by atoms with E-state index >= 15 is 0 Å². The van der Waals surface area contributed by atoms with Gasteiger partial charge in [0, 0.05) is 11.1 Å². The van der Waals surface area contributed by atoms with Gasteiger partial charge in [-0.2, -0.15) is 5.10 Å². The van der Waals surface area contributed by atoms with Crippen molar-refractivity contribution < 1.29 is 8.78 Å². The summed E-state index contributed by atoms with van der Waals surface area (Å²) in [5.41, 5.74) is 8.47. The van der Waals surface area contributed by atoms with E-state index in [0.717, 1.165) is 16.7 Å². The van der Waals surface area contributed by atoms with Crippen molar-refractivity contribution in [3.05, 3.63) is 132 Å². The number of rotatable bonds is 5. The third kappa shape index (κ3) is 3.05. The Balaban J connectivity index is 1.99. The third-order valence-electron chi connectivity index (χ3n) is 5.83. The topological polar surface area (TPSA) is 43.8 Å². The molecule has 0 saturated carbocycles. The van der Waals surface area contributed by atoms with Crippen LogP contribution in [0.3, 0.4) is 0 Å². The Labute approximate surface area is 184 Å². The summed E-state index contributed by atoms with van der Waals surface area (Å²) in [5, 5.41) is 4.90. The van der Waals surface area contributed by atoms with Gasteiger partial charge in [0.25, 0.3) is 6.43 Å². The van der Waals surface area contributed by atoms with Crippen molar-refractivity contribution in [2.45, 2.75) is 12.0 Å². The molecule has 1 aromatic heterocycles. The van der Waals surface area contributed by atoms with Gasteiger partial charge < -0.3 is 5.73 Å². The predicted molar refractivity (Wildman–Crippen MR) is 124 cm³/mol. The molecule has 5 heteroatoms. The molecule has 4 aromatic carbocycles. The van der Waals surface area contributed by atoms with Gasteiger partial charge in [-0.3, -0.25) is 0 Å². The van der Waals surface area contributed by atoms with Crippen molar-refractivity contribution in [3.8, 4) is 0 Å². The number of fused-ring (bicyclic) bond motifs is 1. The first-order chi connectivity index (χ1) is 15.6. The van der Waals surface area contributed by atoms with Gasteiger partial charge in [0.15, 0.2) is 0 Å². The molecule has 0 aliphatic heterocycles. The Morgan fingerprint density at radius 3 is 1.59 bits per heavy atom. The molecule has 1 heterocycles. The fourth-order valence-corrected chi connectivity index (χ4v) is 4.48. The molecule has 0 spiro atoms. The lowest BCUT2D eigenvalue weighted by Crippen LogP contribution is -2.38. The van der Waals surface area contributed by atoms with Gasteiger partial charge in [0.05, 0.1) is 5.52 Å². The second-order valence-corrected chi connectivity index (χ2v) is 7.68. The fourth-order valence-electron chi connectivity index (χ4n) is 4.48. The van der Waals surface area contributed by atoms with E-state index in [-0.39, 0.29) is 5.69 Å². The maximum atomic E-state index is 14.1. The van der Waals surface area contributed by atoms with Gasteiger partial charge in [0.1, 0.15) is 11.2 Å². The van der Waals surface area contributed by atoms with Crippen LogP contribution in [-0.4, -0.2) is 9.78 Å². The van der Waals surface area contributed by atoms with Crippen LogP contribution in [0.1, 0.15) is 28.8 Å². The van der Waals surface area contributed by atoms with Crippen LogP contribution in [0.15, 0.2) is 109 Å². The highest BCUT2D eigenvalue weighted by atomic mass is 19.3. The van der Waals surface area contributed by atoms with Crippen molar-refractivity contribution in [1.29, 1.82) is 0 Å². The fraction of sp³-hybridized carbons (Fsp3) is 0.0741. The molecule has 0 aliphatic carbocycles. The Morgan fingerprint density at radius 1 is 0.688 bits per heavy atom. The molecular weight excluding hydrogens is 404 g/mol. The van der Waals surface area contributed by atoms with Crippen molar-refractivity contribution in [1.82, 2.24) is 9.78 Å². The molecule has 0 radical (unpaired) electrons. The highest BCUT2D eigenvalue weighted by Crippen LogP contribution is 2.43. The monoisotopic (exact) mass is 425 g/mol. The average Bonchev–Trinajstić information content (AvgIpc) is 3.21. The summed E-state index contributed by atoms with van der Waals surface area (Å²) in [5.74, 6) is 0. The minimum Gasteiger partial charge on any atom is -0.399 e. The standard InChI is InChI=1S/C27H21F2N3/c28-26(29)25-23-18-22(30)16-17-24(23)32(31-25)27(19-10-4-1-5-11-19,20-12-6-2-7-13-20)21-14-8-3-9-15-21/h1-18,26H,30H2. The molecule has 2 N–H and O–H groups in total. The number of anilines is 1. The molecule has 0 atom stereocenters. The zero-order valence-electron chi connectivity index (χ0n) is 17.2. The molecule has 5 rings (SSSR count). The number of benzene rings is 4. The van der Waals surface area contributed by atoms with Crippen molar-refractivity contribution in [3.63, 3.8) is 0 Å². The number of nitrogen functional groups attached to an aromatic ring is 1. The van der Waals surface area contributed by atoms with E-state index in [2.05, 4.69) is 5.10 Å². The summed E-state index contributed by atoms with van der Waals surface area (Å²) in [7, 11) is 0. The van der Waals surface area contributed by atoms with Crippen LogP contribution in [-0.2, 0) is 5.54 Å². The molecule has 32 heavy (non-hydrogen) atoms.